The third-order valence-electron chi connectivity index (χ3n) is 3.39. The number of hydrogen-bond donors (Lipinski definition) is 1. The summed E-state index contributed by atoms with van der Waals surface area (Å²) in [5.74, 6) is -1.63. The molecule has 1 rings (SSSR count). The molecule has 2 N–H and O–H groups in total. The molecule has 0 amide bonds. The Balaban J connectivity index is 3.18. The van der Waals surface area contributed by atoms with Crippen molar-refractivity contribution in [1.82, 2.24) is 4.98 Å². The summed E-state index contributed by atoms with van der Waals surface area (Å²) in [4.78, 5) is 27.5. The van der Waals surface area contributed by atoms with Crippen molar-refractivity contribution in [2.24, 2.45) is 0 Å². The molecule has 118 valence electrons. The molecule has 6 nitrogen and oxygen atoms in total. The lowest BCUT2D eigenvalue weighted by molar-refractivity contribution is -0.306. The second kappa shape index (κ2) is 7.97. The van der Waals surface area contributed by atoms with Gasteiger partial charge in [0, 0.05) is 11.3 Å². The second-order valence-corrected chi connectivity index (χ2v) is 5.74. The van der Waals surface area contributed by atoms with E-state index in [9.17, 15) is 14.7 Å². The number of esters is 1. The van der Waals surface area contributed by atoms with Crippen LogP contribution >= 0.6 is 11.3 Å². The number of carbonyl (C=O) groups is 2. The molecule has 0 aliphatic rings. The van der Waals surface area contributed by atoms with Gasteiger partial charge in [-0.3, -0.25) is 4.79 Å². The van der Waals surface area contributed by atoms with E-state index in [1.54, 1.807) is 12.3 Å². The SMILES string of the molecule is CCCC[C@](CCC(=O)[O-])(C(=O)OCC)c1csc(N)n1. The summed E-state index contributed by atoms with van der Waals surface area (Å²) in [5, 5.41) is 12.9. The lowest BCUT2D eigenvalue weighted by atomic mass is 9.76. The molecule has 1 aromatic rings. The Morgan fingerprint density at radius 2 is 2.14 bits per heavy atom. The summed E-state index contributed by atoms with van der Waals surface area (Å²) >= 11 is 1.23. The number of rotatable bonds is 9. The summed E-state index contributed by atoms with van der Waals surface area (Å²) in [6, 6.07) is 0. The van der Waals surface area contributed by atoms with Gasteiger partial charge in [-0.1, -0.05) is 19.8 Å². The van der Waals surface area contributed by atoms with Crippen molar-refractivity contribution in [2.75, 3.05) is 12.3 Å². The van der Waals surface area contributed by atoms with Crippen LogP contribution in [0.4, 0.5) is 5.13 Å². The Morgan fingerprint density at radius 1 is 1.43 bits per heavy atom. The number of aliphatic carboxylic acids is 1. The number of ether oxygens (including phenoxy) is 1. The number of unbranched alkanes of at least 4 members (excludes halogenated alkanes) is 1. The van der Waals surface area contributed by atoms with Gasteiger partial charge in [-0.05, 0) is 26.2 Å². The highest BCUT2D eigenvalue weighted by molar-refractivity contribution is 7.13. The van der Waals surface area contributed by atoms with Gasteiger partial charge < -0.3 is 20.4 Å². The second-order valence-electron chi connectivity index (χ2n) is 4.85. The molecular weight excluding hydrogens is 292 g/mol. The van der Waals surface area contributed by atoms with E-state index in [4.69, 9.17) is 10.5 Å². The van der Waals surface area contributed by atoms with Gasteiger partial charge in [0.1, 0.15) is 5.41 Å². The highest BCUT2D eigenvalue weighted by Gasteiger charge is 2.42. The molecule has 1 aromatic heterocycles. The Morgan fingerprint density at radius 3 is 2.62 bits per heavy atom. The number of nitrogens with zero attached hydrogens (tertiary/aromatic N) is 1. The van der Waals surface area contributed by atoms with Crippen molar-refractivity contribution >= 4 is 28.4 Å². The van der Waals surface area contributed by atoms with Crippen LogP contribution in [0.25, 0.3) is 0 Å². The molecule has 0 aliphatic heterocycles. The maximum atomic E-state index is 12.5. The zero-order valence-electron chi connectivity index (χ0n) is 12.4. The van der Waals surface area contributed by atoms with Crippen molar-refractivity contribution in [3.63, 3.8) is 0 Å². The molecule has 7 heteroatoms. The minimum absolute atomic E-state index is 0.108. The molecule has 0 aliphatic carbocycles. The smallest absolute Gasteiger partial charge is 0.318 e. The van der Waals surface area contributed by atoms with Crippen LogP contribution in [0.1, 0.15) is 51.6 Å². The largest absolute Gasteiger partial charge is 0.550 e. The number of nitrogen functional groups attached to an aromatic ring is 1. The van der Waals surface area contributed by atoms with Gasteiger partial charge in [-0.25, -0.2) is 4.98 Å². The normalized spacial score (nSPS) is 13.6. The molecule has 21 heavy (non-hydrogen) atoms. The Bertz CT molecular complexity index is 489. The van der Waals surface area contributed by atoms with Crippen molar-refractivity contribution in [3.05, 3.63) is 11.1 Å². The van der Waals surface area contributed by atoms with Crippen molar-refractivity contribution < 1.29 is 19.4 Å². The molecule has 0 fully saturated rings. The number of aromatic nitrogens is 1. The monoisotopic (exact) mass is 313 g/mol. The first kappa shape index (κ1) is 17.4. The third kappa shape index (κ3) is 4.42. The first-order valence-corrected chi connectivity index (χ1v) is 7.92. The number of thiazole rings is 1. The number of hydrogen-bond acceptors (Lipinski definition) is 7. The highest BCUT2D eigenvalue weighted by Crippen LogP contribution is 2.37. The summed E-state index contributed by atoms with van der Waals surface area (Å²) in [7, 11) is 0. The van der Waals surface area contributed by atoms with Gasteiger partial charge in [0.05, 0.1) is 12.3 Å². The van der Waals surface area contributed by atoms with Crippen LogP contribution < -0.4 is 10.8 Å². The maximum absolute atomic E-state index is 12.5. The predicted molar refractivity (Wildman–Crippen MR) is 78.6 cm³/mol. The summed E-state index contributed by atoms with van der Waals surface area (Å²) < 4.78 is 5.17. The van der Waals surface area contributed by atoms with Gasteiger partial charge in [0.2, 0.25) is 0 Å². The third-order valence-corrected chi connectivity index (χ3v) is 4.07. The molecule has 0 bridgehead atoms. The van der Waals surface area contributed by atoms with Gasteiger partial charge in [0.15, 0.2) is 5.13 Å². The van der Waals surface area contributed by atoms with Crippen LogP contribution in [0.3, 0.4) is 0 Å². The molecule has 0 radical (unpaired) electrons. The first-order chi connectivity index (χ1) is 9.96. The fourth-order valence-corrected chi connectivity index (χ4v) is 2.92. The van der Waals surface area contributed by atoms with Crippen LogP contribution in [-0.2, 0) is 19.7 Å². The molecule has 1 heterocycles. The highest BCUT2D eigenvalue weighted by atomic mass is 32.1. The van der Waals surface area contributed by atoms with Crippen LogP contribution in [0, 0.1) is 0 Å². The van der Waals surface area contributed by atoms with E-state index in [2.05, 4.69) is 4.98 Å². The number of carboxylic acid groups (broad SMARTS) is 1. The summed E-state index contributed by atoms with van der Waals surface area (Å²) in [6.45, 7) is 3.96. The van der Waals surface area contributed by atoms with E-state index in [0.717, 1.165) is 12.8 Å². The van der Waals surface area contributed by atoms with E-state index in [1.165, 1.54) is 11.3 Å². The molecular formula is C14H21N2O4S-. The minimum atomic E-state index is -1.19. The van der Waals surface area contributed by atoms with Gasteiger partial charge in [0.25, 0.3) is 0 Å². The Kier molecular flexibility index (Phi) is 6.61. The van der Waals surface area contributed by atoms with E-state index in [1.807, 2.05) is 6.92 Å². The van der Waals surface area contributed by atoms with Gasteiger partial charge in [-0.2, -0.15) is 0 Å². The average molecular weight is 313 g/mol. The predicted octanol–water partition coefficient (Wildman–Crippen LogP) is 1.25. The Hall–Kier alpha value is -1.63. The van der Waals surface area contributed by atoms with E-state index in [0.29, 0.717) is 17.2 Å². The fourth-order valence-electron chi connectivity index (χ4n) is 2.26. The van der Waals surface area contributed by atoms with E-state index >= 15 is 0 Å². The summed E-state index contributed by atoms with van der Waals surface area (Å²) in [6.07, 6.45) is 2.02. The summed E-state index contributed by atoms with van der Waals surface area (Å²) in [5.41, 5.74) is 5.10. The van der Waals surface area contributed by atoms with Gasteiger partial charge in [-0.15, -0.1) is 11.3 Å². The number of nitrogens with two attached hydrogens (primary N) is 1. The molecule has 1 atom stereocenters. The molecule has 0 saturated carbocycles. The van der Waals surface area contributed by atoms with Crippen molar-refractivity contribution in [3.8, 4) is 0 Å². The lowest BCUT2D eigenvalue weighted by Gasteiger charge is -2.30. The number of carbonyl (C=O) groups excluding carboxylic acids is 2. The van der Waals surface area contributed by atoms with Crippen LogP contribution in [0.15, 0.2) is 5.38 Å². The Labute approximate surface area is 128 Å². The lowest BCUT2D eigenvalue weighted by Crippen LogP contribution is -2.40. The standard InChI is InChI=1S/C14H22N2O4S/c1-3-5-7-14(8-6-11(17)18,12(19)20-4-2)10-9-21-13(15)16-10/h9H,3-8H2,1-2H3,(H2,15,16)(H,17,18)/p-1/t14-/m1/s1. The topological polar surface area (TPSA) is 105 Å². The van der Waals surface area contributed by atoms with Crippen LogP contribution in [-0.4, -0.2) is 23.5 Å². The van der Waals surface area contributed by atoms with Crippen LogP contribution in [0.2, 0.25) is 0 Å². The quantitative estimate of drug-likeness (QED) is 0.688. The average Bonchev–Trinajstić information content (AvgIpc) is 2.86. The molecule has 0 saturated heterocycles. The molecule has 0 unspecified atom stereocenters. The first-order valence-electron chi connectivity index (χ1n) is 7.04. The molecule has 0 spiro atoms. The van der Waals surface area contributed by atoms with E-state index in [-0.39, 0.29) is 19.4 Å². The zero-order valence-corrected chi connectivity index (χ0v) is 13.2. The van der Waals surface area contributed by atoms with Crippen molar-refractivity contribution in [2.45, 2.75) is 51.4 Å². The van der Waals surface area contributed by atoms with Gasteiger partial charge >= 0.3 is 5.97 Å². The number of anilines is 1. The zero-order chi connectivity index (χ0) is 15.9. The minimum Gasteiger partial charge on any atom is -0.550 e. The van der Waals surface area contributed by atoms with E-state index < -0.39 is 17.4 Å². The van der Waals surface area contributed by atoms with Crippen molar-refractivity contribution in [1.29, 1.82) is 0 Å². The van der Waals surface area contributed by atoms with Crippen LogP contribution in [0.5, 0.6) is 0 Å². The fraction of sp³-hybridized carbons (Fsp3) is 0.643. The number of carboxylic acids is 1. The maximum Gasteiger partial charge on any atom is 0.318 e. The molecule has 0 aromatic carbocycles.